The Morgan fingerprint density at radius 1 is 0.400 bits per heavy atom. The molecule has 196 valence electrons. The maximum absolute atomic E-state index is 13.4. The highest BCUT2D eigenvalue weighted by Crippen LogP contribution is 2.36. The second kappa shape index (κ2) is 9.42. The first-order valence-corrected chi connectivity index (χ1v) is 13.7. The van der Waals surface area contributed by atoms with E-state index in [4.69, 9.17) is 0 Å². The Hall–Kier alpha value is -4.84. The Morgan fingerprint density at radius 3 is 1.10 bits per heavy atom. The number of carbonyl (C=O) groups excluding carboxylic acids is 4. The smallest absolute Gasteiger partial charge is 0.196 e. The number of rotatable bonds is 4. The van der Waals surface area contributed by atoms with Gasteiger partial charge in [-0.2, -0.15) is 0 Å². The second-order valence-electron chi connectivity index (χ2n) is 10.7. The van der Waals surface area contributed by atoms with Crippen LogP contribution in [0.4, 0.5) is 11.4 Å². The molecule has 0 atom stereocenters. The molecule has 1 saturated carbocycles. The lowest BCUT2D eigenvalue weighted by molar-refractivity contribution is 0.0979. The summed E-state index contributed by atoms with van der Waals surface area (Å²) in [6, 6.07) is 25.1. The van der Waals surface area contributed by atoms with E-state index < -0.39 is 0 Å². The van der Waals surface area contributed by atoms with Crippen LogP contribution in [0.15, 0.2) is 84.9 Å². The highest BCUT2D eigenvalue weighted by molar-refractivity contribution is 6.31. The molecule has 3 aliphatic carbocycles. The molecule has 0 spiro atoms. The van der Waals surface area contributed by atoms with Crippen molar-refractivity contribution >= 4 is 34.5 Å². The Morgan fingerprint density at radius 2 is 0.725 bits per heavy atom. The Bertz CT molecular complexity index is 1620. The molecule has 0 radical (unpaired) electrons. The van der Waals surface area contributed by atoms with Crippen LogP contribution in [-0.4, -0.2) is 35.2 Å². The van der Waals surface area contributed by atoms with Gasteiger partial charge in [0.1, 0.15) is 0 Å². The second-order valence-corrected chi connectivity index (χ2v) is 10.7. The predicted molar refractivity (Wildman–Crippen MR) is 153 cm³/mol. The highest BCUT2D eigenvalue weighted by Gasteiger charge is 2.34. The van der Waals surface area contributed by atoms with Crippen molar-refractivity contribution in [1.82, 2.24) is 0 Å². The Kier molecular flexibility index (Phi) is 5.70. The van der Waals surface area contributed by atoms with E-state index in [2.05, 4.69) is 10.6 Å². The molecule has 6 nitrogen and oxygen atoms in total. The number of ketones is 4. The molecule has 40 heavy (non-hydrogen) atoms. The number of fused-ring (bicyclic) bond motifs is 4. The zero-order valence-electron chi connectivity index (χ0n) is 21.7. The number of benzene rings is 4. The van der Waals surface area contributed by atoms with Crippen molar-refractivity contribution in [3.05, 3.63) is 129 Å². The zero-order chi connectivity index (χ0) is 27.4. The van der Waals surface area contributed by atoms with Gasteiger partial charge in [-0.15, -0.1) is 0 Å². The SMILES string of the molecule is O=C1c2ccccc2C(=O)c2c(NC3CCC(Nc4cccc5c4C(=O)c4ccccc4C5=O)CC3)cccc21. The molecule has 0 aliphatic heterocycles. The van der Waals surface area contributed by atoms with Crippen LogP contribution in [0.25, 0.3) is 0 Å². The monoisotopic (exact) mass is 526 g/mol. The minimum atomic E-state index is -0.127. The summed E-state index contributed by atoms with van der Waals surface area (Å²) < 4.78 is 0. The number of nitrogens with one attached hydrogen (secondary N) is 2. The van der Waals surface area contributed by atoms with Crippen LogP contribution in [0.1, 0.15) is 89.4 Å². The number of carbonyl (C=O) groups is 4. The summed E-state index contributed by atoms with van der Waals surface area (Å²) in [5.41, 5.74) is 4.98. The molecule has 3 aliphatic rings. The molecule has 0 bridgehead atoms. The molecule has 0 heterocycles. The summed E-state index contributed by atoms with van der Waals surface area (Å²) >= 11 is 0. The van der Waals surface area contributed by atoms with Crippen LogP contribution in [-0.2, 0) is 0 Å². The van der Waals surface area contributed by atoms with Crippen LogP contribution in [0, 0.1) is 0 Å². The molecule has 7 rings (SSSR count). The van der Waals surface area contributed by atoms with Gasteiger partial charge in [0, 0.05) is 56.8 Å². The fourth-order valence-corrected chi connectivity index (χ4v) is 6.35. The summed E-state index contributed by atoms with van der Waals surface area (Å²) in [5, 5.41) is 7.10. The van der Waals surface area contributed by atoms with Crippen molar-refractivity contribution in [1.29, 1.82) is 0 Å². The van der Waals surface area contributed by atoms with E-state index in [1.807, 2.05) is 24.3 Å². The molecule has 0 unspecified atom stereocenters. The van der Waals surface area contributed by atoms with E-state index in [0.717, 1.165) is 25.7 Å². The van der Waals surface area contributed by atoms with E-state index in [1.54, 1.807) is 60.7 Å². The lowest BCUT2D eigenvalue weighted by Crippen LogP contribution is -2.34. The van der Waals surface area contributed by atoms with Gasteiger partial charge in [0.05, 0.1) is 11.1 Å². The maximum atomic E-state index is 13.4. The third-order valence-corrected chi connectivity index (χ3v) is 8.35. The molecule has 6 heteroatoms. The van der Waals surface area contributed by atoms with Gasteiger partial charge in [0.25, 0.3) is 0 Å². The number of hydrogen-bond donors (Lipinski definition) is 2. The summed E-state index contributed by atoms with van der Waals surface area (Å²) in [5.74, 6) is -0.496. The van der Waals surface area contributed by atoms with Crippen molar-refractivity contribution in [2.45, 2.75) is 37.8 Å². The number of hydrogen-bond acceptors (Lipinski definition) is 6. The van der Waals surface area contributed by atoms with Gasteiger partial charge in [0.2, 0.25) is 0 Å². The molecular formula is C34H26N2O4. The summed E-state index contributed by atoms with van der Waals surface area (Å²) in [7, 11) is 0. The Balaban J connectivity index is 1.07. The van der Waals surface area contributed by atoms with Gasteiger partial charge in [0.15, 0.2) is 23.1 Å². The van der Waals surface area contributed by atoms with E-state index in [-0.39, 0.29) is 35.2 Å². The first-order chi connectivity index (χ1) is 19.5. The Labute approximate surface area is 231 Å². The van der Waals surface area contributed by atoms with Gasteiger partial charge in [-0.25, -0.2) is 0 Å². The van der Waals surface area contributed by atoms with Gasteiger partial charge in [-0.3, -0.25) is 19.2 Å². The van der Waals surface area contributed by atoms with Gasteiger partial charge < -0.3 is 10.6 Å². The minimum absolute atomic E-state index is 0.122. The maximum Gasteiger partial charge on any atom is 0.196 e. The molecule has 0 aromatic heterocycles. The van der Waals surface area contributed by atoms with E-state index >= 15 is 0 Å². The van der Waals surface area contributed by atoms with E-state index in [1.165, 1.54) is 0 Å². The largest absolute Gasteiger partial charge is 0.382 e. The van der Waals surface area contributed by atoms with Crippen LogP contribution < -0.4 is 10.6 Å². The lowest BCUT2D eigenvalue weighted by atomic mass is 9.82. The van der Waals surface area contributed by atoms with Crippen LogP contribution in [0.5, 0.6) is 0 Å². The third-order valence-electron chi connectivity index (χ3n) is 8.35. The lowest BCUT2D eigenvalue weighted by Gasteiger charge is -2.32. The van der Waals surface area contributed by atoms with Crippen molar-refractivity contribution < 1.29 is 19.2 Å². The van der Waals surface area contributed by atoms with Crippen molar-refractivity contribution in [2.24, 2.45) is 0 Å². The third kappa shape index (κ3) is 3.79. The van der Waals surface area contributed by atoms with Crippen molar-refractivity contribution in [3.63, 3.8) is 0 Å². The fraction of sp³-hybridized carbons (Fsp3) is 0.176. The zero-order valence-corrected chi connectivity index (χ0v) is 21.7. The van der Waals surface area contributed by atoms with Crippen molar-refractivity contribution in [3.8, 4) is 0 Å². The van der Waals surface area contributed by atoms with Crippen LogP contribution in [0.2, 0.25) is 0 Å². The van der Waals surface area contributed by atoms with E-state index in [0.29, 0.717) is 55.9 Å². The predicted octanol–water partition coefficient (Wildman–Crippen LogP) is 6.07. The molecule has 4 aromatic rings. The normalized spacial score (nSPS) is 19.3. The summed E-state index contributed by atoms with van der Waals surface area (Å²) in [6.07, 6.45) is 3.41. The fourth-order valence-electron chi connectivity index (χ4n) is 6.35. The van der Waals surface area contributed by atoms with Crippen LogP contribution >= 0.6 is 0 Å². The van der Waals surface area contributed by atoms with Gasteiger partial charge in [-0.1, -0.05) is 72.8 Å². The first-order valence-electron chi connectivity index (χ1n) is 13.7. The topological polar surface area (TPSA) is 92.3 Å². The van der Waals surface area contributed by atoms with Gasteiger partial charge >= 0.3 is 0 Å². The molecule has 0 amide bonds. The molecule has 1 fully saturated rings. The number of anilines is 2. The highest BCUT2D eigenvalue weighted by atomic mass is 16.1. The average Bonchev–Trinajstić information content (AvgIpc) is 2.99. The molecular weight excluding hydrogens is 500 g/mol. The van der Waals surface area contributed by atoms with Gasteiger partial charge in [-0.05, 0) is 37.8 Å². The molecule has 2 N–H and O–H groups in total. The molecule has 0 saturated heterocycles. The molecule has 4 aromatic carbocycles. The summed E-state index contributed by atoms with van der Waals surface area (Å²) in [6.45, 7) is 0. The van der Waals surface area contributed by atoms with Crippen molar-refractivity contribution in [2.75, 3.05) is 10.6 Å². The van der Waals surface area contributed by atoms with Crippen LogP contribution in [0.3, 0.4) is 0 Å². The first kappa shape index (κ1) is 24.2. The quantitative estimate of drug-likeness (QED) is 0.290. The summed E-state index contributed by atoms with van der Waals surface area (Å²) in [4.78, 5) is 52.9. The minimum Gasteiger partial charge on any atom is -0.382 e. The standard InChI is InChI=1S/C34H26N2O4/c37-31-21-7-1-3-9-23(21)33(39)29-25(31)11-5-13-27(29)35-19-15-17-20(18-16-19)36-28-14-6-12-26-30(28)34(40)24-10-4-2-8-22(24)32(26)38/h1-14,19-20,35-36H,15-18H2. The average molecular weight is 527 g/mol. The van der Waals surface area contributed by atoms with E-state index in [9.17, 15) is 19.2 Å².